The van der Waals surface area contributed by atoms with Gasteiger partial charge in [-0.25, -0.2) is 0 Å². The summed E-state index contributed by atoms with van der Waals surface area (Å²) in [6.45, 7) is 1.91. The van der Waals surface area contributed by atoms with Crippen molar-refractivity contribution in [2.24, 2.45) is 5.73 Å². The first-order chi connectivity index (χ1) is 9.11. The molecule has 2 rings (SSSR count). The van der Waals surface area contributed by atoms with Gasteiger partial charge in [0.2, 0.25) is 0 Å². The zero-order valence-corrected chi connectivity index (χ0v) is 11.3. The lowest BCUT2D eigenvalue weighted by Gasteiger charge is -2.15. The van der Waals surface area contributed by atoms with Gasteiger partial charge in [0.25, 0.3) is 5.91 Å². The van der Waals surface area contributed by atoms with Crippen molar-refractivity contribution in [2.45, 2.75) is 19.4 Å². The third-order valence-corrected chi connectivity index (χ3v) is 3.07. The fraction of sp³-hybridized carbons (Fsp3) is 0.231. The number of carbonyl (C=O) groups is 1. The van der Waals surface area contributed by atoms with Gasteiger partial charge in [0.1, 0.15) is 0 Å². The first-order valence-electron chi connectivity index (χ1n) is 5.92. The van der Waals surface area contributed by atoms with Gasteiger partial charge in [0.15, 0.2) is 0 Å². The van der Waals surface area contributed by atoms with E-state index in [1.807, 2.05) is 6.92 Å². The zero-order valence-electron chi connectivity index (χ0n) is 10.5. The molecule has 0 fully saturated rings. The Bertz CT molecular complexity index is 629. The van der Waals surface area contributed by atoms with Crippen LogP contribution >= 0.6 is 12.2 Å². The number of benzene rings is 1. The van der Waals surface area contributed by atoms with Crippen molar-refractivity contribution in [3.63, 3.8) is 0 Å². The van der Waals surface area contributed by atoms with Crippen LogP contribution in [0.3, 0.4) is 0 Å². The lowest BCUT2D eigenvalue weighted by Crippen LogP contribution is -2.42. The molecule has 6 heteroatoms. The van der Waals surface area contributed by atoms with Crippen LogP contribution in [-0.2, 0) is 0 Å². The third-order valence-electron chi connectivity index (χ3n) is 2.79. The molecule has 0 bridgehead atoms. The van der Waals surface area contributed by atoms with Crippen LogP contribution in [0, 0.1) is 0 Å². The van der Waals surface area contributed by atoms with E-state index in [2.05, 4.69) is 15.3 Å². The van der Waals surface area contributed by atoms with E-state index in [0.29, 0.717) is 17.5 Å². The normalized spacial score (nSPS) is 12.1. The van der Waals surface area contributed by atoms with E-state index >= 15 is 0 Å². The number of carbonyl (C=O) groups excluding carboxylic acids is 1. The van der Waals surface area contributed by atoms with Crippen molar-refractivity contribution in [2.75, 3.05) is 0 Å². The summed E-state index contributed by atoms with van der Waals surface area (Å²) in [6, 6.07) is 4.88. The van der Waals surface area contributed by atoms with Crippen LogP contribution in [0.15, 0.2) is 30.6 Å². The minimum atomic E-state index is -0.292. The second-order valence-electron chi connectivity index (χ2n) is 4.10. The van der Waals surface area contributed by atoms with E-state index in [4.69, 9.17) is 18.0 Å². The Labute approximate surface area is 116 Å². The van der Waals surface area contributed by atoms with Gasteiger partial charge in [-0.2, -0.15) is 0 Å². The van der Waals surface area contributed by atoms with Gasteiger partial charge in [-0.15, -0.1) is 0 Å². The maximum absolute atomic E-state index is 12.1. The van der Waals surface area contributed by atoms with E-state index in [1.54, 1.807) is 30.6 Å². The number of hydrogen-bond acceptors (Lipinski definition) is 4. The van der Waals surface area contributed by atoms with Gasteiger partial charge in [0.05, 0.1) is 22.1 Å². The molecule has 0 aliphatic carbocycles. The average molecular weight is 274 g/mol. The van der Waals surface area contributed by atoms with Crippen LogP contribution in [0.25, 0.3) is 11.0 Å². The molecule has 0 spiro atoms. The molecule has 1 heterocycles. The second-order valence-corrected chi connectivity index (χ2v) is 4.57. The Morgan fingerprint density at radius 2 is 2.05 bits per heavy atom. The third kappa shape index (κ3) is 3.03. The number of aromatic nitrogens is 2. The SMILES string of the molecule is CCC(NC(=O)c1ccc2nccnc2c1)C(N)=S. The number of hydrogen-bond donors (Lipinski definition) is 2. The molecule has 0 saturated carbocycles. The van der Waals surface area contributed by atoms with E-state index in [9.17, 15) is 4.79 Å². The van der Waals surface area contributed by atoms with Crippen LogP contribution in [-0.4, -0.2) is 26.9 Å². The van der Waals surface area contributed by atoms with Gasteiger partial charge in [-0.05, 0) is 24.6 Å². The first-order valence-corrected chi connectivity index (χ1v) is 6.33. The van der Waals surface area contributed by atoms with Crippen LogP contribution in [0.1, 0.15) is 23.7 Å². The summed E-state index contributed by atoms with van der Waals surface area (Å²) < 4.78 is 0. The van der Waals surface area contributed by atoms with Gasteiger partial charge in [-0.1, -0.05) is 19.1 Å². The predicted molar refractivity (Wildman–Crippen MR) is 77.9 cm³/mol. The van der Waals surface area contributed by atoms with Crippen molar-refractivity contribution < 1.29 is 4.79 Å². The zero-order chi connectivity index (χ0) is 13.8. The Morgan fingerprint density at radius 3 is 2.68 bits per heavy atom. The average Bonchev–Trinajstić information content (AvgIpc) is 2.43. The standard InChI is InChI=1S/C13H14N4OS/c1-2-9(12(14)19)17-13(18)8-3-4-10-11(7-8)16-6-5-15-10/h3-7,9H,2H2,1H3,(H2,14,19)(H,17,18). The van der Waals surface area contributed by atoms with Crippen LogP contribution in [0.4, 0.5) is 0 Å². The molecule has 0 radical (unpaired) electrons. The molecular formula is C13H14N4OS. The highest BCUT2D eigenvalue weighted by Gasteiger charge is 2.14. The fourth-order valence-corrected chi connectivity index (χ4v) is 1.95. The predicted octanol–water partition coefficient (Wildman–Crippen LogP) is 1.42. The van der Waals surface area contributed by atoms with Crippen LogP contribution < -0.4 is 11.1 Å². The highest BCUT2D eigenvalue weighted by atomic mass is 32.1. The monoisotopic (exact) mass is 274 g/mol. The van der Waals surface area contributed by atoms with Gasteiger partial charge in [0, 0.05) is 18.0 Å². The van der Waals surface area contributed by atoms with Crippen molar-refractivity contribution >= 4 is 34.1 Å². The smallest absolute Gasteiger partial charge is 0.251 e. The minimum absolute atomic E-state index is 0.216. The Balaban J connectivity index is 2.24. The fourth-order valence-electron chi connectivity index (χ4n) is 1.72. The lowest BCUT2D eigenvalue weighted by atomic mass is 10.1. The lowest BCUT2D eigenvalue weighted by molar-refractivity contribution is 0.0946. The number of nitrogens with one attached hydrogen (secondary N) is 1. The Hall–Kier alpha value is -2.08. The number of thiocarbonyl (C=S) groups is 1. The van der Waals surface area contributed by atoms with Crippen molar-refractivity contribution in [1.82, 2.24) is 15.3 Å². The summed E-state index contributed by atoms with van der Waals surface area (Å²) in [5, 5.41) is 2.79. The first kappa shape index (κ1) is 13.4. The molecule has 0 aliphatic rings. The minimum Gasteiger partial charge on any atom is -0.392 e. The maximum atomic E-state index is 12.1. The number of fused-ring (bicyclic) bond motifs is 1. The molecule has 1 unspecified atom stereocenters. The molecule has 2 aromatic rings. The molecule has 1 atom stereocenters. The molecule has 5 nitrogen and oxygen atoms in total. The van der Waals surface area contributed by atoms with Crippen LogP contribution in [0.2, 0.25) is 0 Å². The highest BCUT2D eigenvalue weighted by molar-refractivity contribution is 7.80. The van der Waals surface area contributed by atoms with Crippen LogP contribution in [0.5, 0.6) is 0 Å². The number of nitrogens with zero attached hydrogens (tertiary/aromatic N) is 2. The molecule has 0 saturated heterocycles. The van der Waals surface area contributed by atoms with E-state index in [-0.39, 0.29) is 16.9 Å². The Kier molecular flexibility index (Phi) is 4.01. The summed E-state index contributed by atoms with van der Waals surface area (Å²) in [5.41, 5.74) is 7.50. The summed E-state index contributed by atoms with van der Waals surface area (Å²) in [7, 11) is 0. The number of nitrogens with two attached hydrogens (primary N) is 1. The molecule has 0 aliphatic heterocycles. The largest absolute Gasteiger partial charge is 0.392 e. The van der Waals surface area contributed by atoms with Gasteiger partial charge < -0.3 is 11.1 Å². The topological polar surface area (TPSA) is 80.9 Å². The summed E-state index contributed by atoms with van der Waals surface area (Å²) >= 11 is 4.90. The number of amides is 1. The van der Waals surface area contributed by atoms with E-state index < -0.39 is 0 Å². The van der Waals surface area contributed by atoms with Crippen molar-refractivity contribution in [3.05, 3.63) is 36.2 Å². The number of rotatable bonds is 4. The molecule has 1 aromatic heterocycles. The maximum Gasteiger partial charge on any atom is 0.251 e. The van der Waals surface area contributed by atoms with E-state index in [1.165, 1.54) is 0 Å². The van der Waals surface area contributed by atoms with Crippen molar-refractivity contribution in [1.29, 1.82) is 0 Å². The molecule has 98 valence electrons. The molecule has 19 heavy (non-hydrogen) atoms. The summed E-state index contributed by atoms with van der Waals surface area (Å²) in [5.74, 6) is -0.216. The van der Waals surface area contributed by atoms with Crippen molar-refractivity contribution in [3.8, 4) is 0 Å². The second kappa shape index (κ2) is 5.71. The highest BCUT2D eigenvalue weighted by Crippen LogP contribution is 2.11. The molecule has 3 N–H and O–H groups in total. The summed E-state index contributed by atoms with van der Waals surface area (Å²) in [4.78, 5) is 20.7. The van der Waals surface area contributed by atoms with E-state index in [0.717, 1.165) is 5.52 Å². The van der Waals surface area contributed by atoms with Gasteiger partial charge >= 0.3 is 0 Å². The molecular weight excluding hydrogens is 260 g/mol. The molecule has 1 aromatic carbocycles. The van der Waals surface area contributed by atoms with Gasteiger partial charge in [-0.3, -0.25) is 14.8 Å². The quantitative estimate of drug-likeness (QED) is 0.824. The molecule has 1 amide bonds. The summed E-state index contributed by atoms with van der Waals surface area (Å²) in [6.07, 6.45) is 3.87. The Morgan fingerprint density at radius 1 is 1.37 bits per heavy atom.